The Morgan fingerprint density at radius 3 is 2.67 bits per heavy atom. The summed E-state index contributed by atoms with van der Waals surface area (Å²) in [5, 5.41) is 12.6. The van der Waals surface area contributed by atoms with Gasteiger partial charge in [0.15, 0.2) is 0 Å². The fourth-order valence-corrected chi connectivity index (χ4v) is 1.82. The van der Waals surface area contributed by atoms with Gasteiger partial charge in [0.1, 0.15) is 18.0 Å². The Labute approximate surface area is 106 Å². The number of esters is 1. The predicted octanol–water partition coefficient (Wildman–Crippen LogP) is 0.575. The van der Waals surface area contributed by atoms with Crippen molar-refractivity contribution >= 4 is 5.97 Å². The molecule has 0 bridgehead atoms. The summed E-state index contributed by atoms with van der Waals surface area (Å²) in [5.41, 5.74) is 0.495. The molecule has 18 heavy (non-hydrogen) atoms. The van der Waals surface area contributed by atoms with Crippen molar-refractivity contribution in [2.75, 3.05) is 19.7 Å². The molecular formula is C13H17NO4. The van der Waals surface area contributed by atoms with Crippen molar-refractivity contribution in [3.8, 4) is 5.75 Å². The van der Waals surface area contributed by atoms with Gasteiger partial charge < -0.3 is 19.9 Å². The smallest absolute Gasteiger partial charge is 0.338 e. The Hall–Kier alpha value is -1.59. The van der Waals surface area contributed by atoms with E-state index in [4.69, 9.17) is 9.47 Å². The predicted molar refractivity (Wildman–Crippen MR) is 65.7 cm³/mol. The van der Waals surface area contributed by atoms with Crippen LogP contribution in [-0.2, 0) is 4.74 Å². The molecular weight excluding hydrogens is 234 g/mol. The average molecular weight is 251 g/mol. The van der Waals surface area contributed by atoms with Gasteiger partial charge in [-0.15, -0.1) is 0 Å². The first kappa shape index (κ1) is 12.9. The van der Waals surface area contributed by atoms with Crippen molar-refractivity contribution < 1.29 is 19.4 Å². The molecule has 2 atom stereocenters. The van der Waals surface area contributed by atoms with Crippen LogP contribution in [0.4, 0.5) is 0 Å². The summed E-state index contributed by atoms with van der Waals surface area (Å²) >= 11 is 0. The number of carbonyl (C=O) groups excluding carboxylic acids is 1. The first-order valence-electron chi connectivity index (χ1n) is 6.03. The normalized spacial score (nSPS) is 22.8. The molecule has 0 aliphatic carbocycles. The van der Waals surface area contributed by atoms with E-state index in [0.717, 1.165) is 0 Å². The maximum Gasteiger partial charge on any atom is 0.338 e. The van der Waals surface area contributed by atoms with Gasteiger partial charge in [-0.25, -0.2) is 4.79 Å². The van der Waals surface area contributed by atoms with E-state index in [1.807, 2.05) is 0 Å². The second kappa shape index (κ2) is 5.84. The molecule has 0 unspecified atom stereocenters. The Morgan fingerprint density at radius 1 is 1.39 bits per heavy atom. The van der Waals surface area contributed by atoms with Crippen LogP contribution in [0.25, 0.3) is 0 Å². The Kier molecular flexibility index (Phi) is 4.17. The van der Waals surface area contributed by atoms with Crippen molar-refractivity contribution in [1.29, 1.82) is 0 Å². The van der Waals surface area contributed by atoms with E-state index in [1.54, 1.807) is 31.2 Å². The van der Waals surface area contributed by atoms with Gasteiger partial charge in [-0.2, -0.15) is 0 Å². The molecule has 0 saturated carbocycles. The Balaban J connectivity index is 1.97. The molecule has 0 radical (unpaired) electrons. The SMILES string of the molecule is CCOC(=O)c1ccc(O[C@H]2CNC[C@@H]2O)cc1. The zero-order chi connectivity index (χ0) is 13.0. The van der Waals surface area contributed by atoms with Gasteiger partial charge in [-0.05, 0) is 31.2 Å². The molecule has 1 aromatic carbocycles. The number of nitrogens with one attached hydrogen (secondary N) is 1. The third-order valence-corrected chi connectivity index (χ3v) is 2.78. The average Bonchev–Trinajstić information content (AvgIpc) is 2.76. The number of aliphatic hydroxyl groups excluding tert-OH is 1. The molecule has 1 aliphatic heterocycles. The monoisotopic (exact) mass is 251 g/mol. The molecule has 1 saturated heterocycles. The molecule has 2 rings (SSSR count). The molecule has 98 valence electrons. The Bertz CT molecular complexity index is 404. The van der Waals surface area contributed by atoms with Crippen LogP contribution in [0.5, 0.6) is 5.75 Å². The molecule has 0 spiro atoms. The maximum absolute atomic E-state index is 11.4. The zero-order valence-electron chi connectivity index (χ0n) is 10.3. The molecule has 1 aromatic rings. The lowest BCUT2D eigenvalue weighted by molar-refractivity contribution is 0.0525. The van der Waals surface area contributed by atoms with Crippen molar-refractivity contribution in [3.05, 3.63) is 29.8 Å². The van der Waals surface area contributed by atoms with E-state index < -0.39 is 6.10 Å². The minimum absolute atomic E-state index is 0.238. The number of ether oxygens (including phenoxy) is 2. The van der Waals surface area contributed by atoms with Crippen LogP contribution in [0.15, 0.2) is 24.3 Å². The van der Waals surface area contributed by atoms with Crippen LogP contribution >= 0.6 is 0 Å². The first-order chi connectivity index (χ1) is 8.70. The zero-order valence-corrected chi connectivity index (χ0v) is 10.3. The van der Waals surface area contributed by atoms with Gasteiger partial charge in [-0.3, -0.25) is 0 Å². The van der Waals surface area contributed by atoms with Crippen molar-refractivity contribution in [2.24, 2.45) is 0 Å². The van der Waals surface area contributed by atoms with Gasteiger partial charge in [0.25, 0.3) is 0 Å². The second-order valence-corrected chi connectivity index (χ2v) is 4.13. The van der Waals surface area contributed by atoms with Crippen LogP contribution in [0, 0.1) is 0 Å². The second-order valence-electron chi connectivity index (χ2n) is 4.13. The largest absolute Gasteiger partial charge is 0.486 e. The first-order valence-corrected chi connectivity index (χ1v) is 6.03. The van der Waals surface area contributed by atoms with E-state index >= 15 is 0 Å². The van der Waals surface area contributed by atoms with E-state index in [0.29, 0.717) is 31.0 Å². The summed E-state index contributed by atoms with van der Waals surface area (Å²) in [6.45, 7) is 3.30. The third kappa shape index (κ3) is 3.00. The molecule has 5 nitrogen and oxygen atoms in total. The van der Waals surface area contributed by atoms with Crippen LogP contribution in [0.1, 0.15) is 17.3 Å². The molecule has 0 aromatic heterocycles. The summed E-state index contributed by atoms with van der Waals surface area (Å²) in [7, 11) is 0. The van der Waals surface area contributed by atoms with E-state index in [-0.39, 0.29) is 12.1 Å². The van der Waals surface area contributed by atoms with Gasteiger partial charge >= 0.3 is 5.97 Å². The topological polar surface area (TPSA) is 67.8 Å². The highest BCUT2D eigenvalue weighted by Crippen LogP contribution is 2.17. The highest BCUT2D eigenvalue weighted by atomic mass is 16.5. The minimum Gasteiger partial charge on any atom is -0.486 e. The highest BCUT2D eigenvalue weighted by molar-refractivity contribution is 5.89. The summed E-state index contributed by atoms with van der Waals surface area (Å²) in [5.74, 6) is 0.294. The summed E-state index contributed by atoms with van der Waals surface area (Å²) < 4.78 is 10.5. The molecule has 0 amide bonds. The Morgan fingerprint density at radius 2 is 2.11 bits per heavy atom. The lowest BCUT2D eigenvalue weighted by Gasteiger charge is -2.16. The van der Waals surface area contributed by atoms with Crippen LogP contribution in [0.3, 0.4) is 0 Å². The standard InChI is InChI=1S/C13H17NO4/c1-2-17-13(16)9-3-5-10(6-4-9)18-12-8-14-7-11(12)15/h3-6,11-12,14-15H,2,7-8H2,1H3/t11-,12-/m0/s1. The lowest BCUT2D eigenvalue weighted by atomic mass is 10.2. The van der Waals surface area contributed by atoms with Gasteiger partial charge in [0.2, 0.25) is 0 Å². The molecule has 1 aliphatic rings. The molecule has 5 heteroatoms. The van der Waals surface area contributed by atoms with Crippen LogP contribution < -0.4 is 10.1 Å². The third-order valence-electron chi connectivity index (χ3n) is 2.78. The van der Waals surface area contributed by atoms with Crippen molar-refractivity contribution in [2.45, 2.75) is 19.1 Å². The molecule has 2 N–H and O–H groups in total. The lowest BCUT2D eigenvalue weighted by Crippen LogP contribution is -2.29. The summed E-state index contributed by atoms with van der Waals surface area (Å²) in [6.07, 6.45) is -0.729. The minimum atomic E-state index is -0.491. The number of benzene rings is 1. The van der Waals surface area contributed by atoms with E-state index in [9.17, 15) is 9.90 Å². The summed E-state index contributed by atoms with van der Waals surface area (Å²) in [4.78, 5) is 11.4. The van der Waals surface area contributed by atoms with E-state index in [1.165, 1.54) is 0 Å². The number of carbonyl (C=O) groups is 1. The van der Waals surface area contributed by atoms with E-state index in [2.05, 4.69) is 5.32 Å². The van der Waals surface area contributed by atoms with Gasteiger partial charge in [0.05, 0.1) is 12.2 Å². The van der Waals surface area contributed by atoms with Crippen molar-refractivity contribution in [1.82, 2.24) is 5.32 Å². The van der Waals surface area contributed by atoms with Crippen molar-refractivity contribution in [3.63, 3.8) is 0 Å². The maximum atomic E-state index is 11.4. The van der Waals surface area contributed by atoms with Crippen LogP contribution in [0.2, 0.25) is 0 Å². The molecule has 1 fully saturated rings. The summed E-state index contributed by atoms with van der Waals surface area (Å²) in [6, 6.07) is 6.72. The number of rotatable bonds is 4. The van der Waals surface area contributed by atoms with Gasteiger partial charge in [0, 0.05) is 13.1 Å². The fraction of sp³-hybridized carbons (Fsp3) is 0.462. The number of β-amino-alcohol motifs (C(OH)–C–C–N with tert-alkyl or cyclic N) is 1. The number of aliphatic hydroxyl groups is 1. The quantitative estimate of drug-likeness (QED) is 0.766. The van der Waals surface area contributed by atoms with Crippen LogP contribution in [-0.4, -0.2) is 43.0 Å². The highest BCUT2D eigenvalue weighted by Gasteiger charge is 2.26. The number of hydrogen-bond donors (Lipinski definition) is 2. The molecule has 1 heterocycles. The fourth-order valence-electron chi connectivity index (χ4n) is 1.82. The number of hydrogen-bond acceptors (Lipinski definition) is 5. The van der Waals surface area contributed by atoms with Gasteiger partial charge in [-0.1, -0.05) is 0 Å².